The zero-order valence-electron chi connectivity index (χ0n) is 49.4. The van der Waals surface area contributed by atoms with E-state index < -0.39 is 12.1 Å². The largest absolute Gasteiger partial charge is 0.466 e. The second kappa shape index (κ2) is 62.9. The van der Waals surface area contributed by atoms with Gasteiger partial charge < -0.3 is 20.3 Å². The molecule has 0 fully saturated rings. The van der Waals surface area contributed by atoms with Crippen LogP contribution in [0.2, 0.25) is 0 Å². The third kappa shape index (κ3) is 59.4. The van der Waals surface area contributed by atoms with Crippen LogP contribution in [0.25, 0.3) is 0 Å². The molecule has 0 aliphatic carbocycles. The number of aliphatic hydroxyl groups is 2. The number of esters is 1. The van der Waals surface area contributed by atoms with E-state index in [9.17, 15) is 19.8 Å². The van der Waals surface area contributed by atoms with Crippen molar-refractivity contribution in [2.75, 3.05) is 13.2 Å². The normalized spacial score (nSPS) is 12.7. The van der Waals surface area contributed by atoms with E-state index in [2.05, 4.69) is 31.3 Å². The van der Waals surface area contributed by atoms with E-state index in [1.54, 1.807) is 6.08 Å². The van der Waals surface area contributed by atoms with Gasteiger partial charge in [0.1, 0.15) is 0 Å². The van der Waals surface area contributed by atoms with Crippen molar-refractivity contribution < 1.29 is 24.5 Å². The topological polar surface area (TPSA) is 95.9 Å². The van der Waals surface area contributed by atoms with Gasteiger partial charge in [-0.25, -0.2) is 0 Å². The fraction of sp³-hybridized carbons (Fsp3) is 0.910. The van der Waals surface area contributed by atoms with Crippen molar-refractivity contribution in [2.45, 2.75) is 379 Å². The first kappa shape index (κ1) is 71.3. The van der Waals surface area contributed by atoms with E-state index in [0.717, 1.165) is 38.5 Å². The second-order valence-electron chi connectivity index (χ2n) is 22.8. The van der Waals surface area contributed by atoms with Gasteiger partial charge in [0.25, 0.3) is 0 Å². The van der Waals surface area contributed by atoms with Crippen LogP contribution >= 0.6 is 0 Å². The molecule has 0 aromatic carbocycles. The summed E-state index contributed by atoms with van der Waals surface area (Å²) in [5, 5.41) is 23.0. The number of carbonyl (C=O) groups is 2. The first-order valence-electron chi connectivity index (χ1n) is 33.1. The highest BCUT2D eigenvalue weighted by Gasteiger charge is 2.18. The predicted molar refractivity (Wildman–Crippen MR) is 320 cm³/mol. The minimum atomic E-state index is -0.840. The van der Waals surface area contributed by atoms with Crippen molar-refractivity contribution in [3.8, 4) is 0 Å². The van der Waals surface area contributed by atoms with Crippen molar-refractivity contribution in [2.24, 2.45) is 0 Å². The lowest BCUT2D eigenvalue weighted by Crippen LogP contribution is -2.45. The van der Waals surface area contributed by atoms with E-state index in [4.69, 9.17) is 4.74 Å². The van der Waals surface area contributed by atoms with E-state index >= 15 is 0 Å². The van der Waals surface area contributed by atoms with Crippen LogP contribution in [-0.2, 0) is 14.3 Å². The Morgan fingerprint density at radius 2 is 0.644 bits per heavy atom. The first-order valence-corrected chi connectivity index (χ1v) is 33.1. The molecular formula is C67H129NO5. The van der Waals surface area contributed by atoms with Crippen molar-refractivity contribution in [1.29, 1.82) is 0 Å². The lowest BCUT2D eigenvalue weighted by Gasteiger charge is -2.20. The molecule has 0 bridgehead atoms. The molecule has 0 aromatic heterocycles. The third-order valence-corrected chi connectivity index (χ3v) is 15.5. The van der Waals surface area contributed by atoms with Gasteiger partial charge in [0.05, 0.1) is 25.4 Å². The summed E-state index contributed by atoms with van der Waals surface area (Å²) in [5.41, 5.74) is 0. The smallest absolute Gasteiger partial charge is 0.305 e. The molecule has 6 nitrogen and oxygen atoms in total. The maximum Gasteiger partial charge on any atom is 0.305 e. The highest BCUT2D eigenvalue weighted by molar-refractivity contribution is 5.76. The summed E-state index contributed by atoms with van der Waals surface area (Å²) in [6.45, 7) is 4.91. The van der Waals surface area contributed by atoms with Crippen molar-refractivity contribution in [3.05, 3.63) is 24.3 Å². The number of nitrogens with one attached hydrogen (secondary N) is 1. The quantitative estimate of drug-likeness (QED) is 0.0320. The maximum absolute atomic E-state index is 12.4. The zero-order chi connectivity index (χ0) is 52.9. The Balaban J connectivity index is 3.33. The number of carbonyl (C=O) groups excluding carboxylic acids is 2. The van der Waals surface area contributed by atoms with Gasteiger partial charge in [-0.2, -0.15) is 0 Å². The fourth-order valence-electron chi connectivity index (χ4n) is 10.4. The molecule has 73 heavy (non-hydrogen) atoms. The lowest BCUT2D eigenvalue weighted by molar-refractivity contribution is -0.143. The first-order chi connectivity index (χ1) is 36.0. The molecule has 432 valence electrons. The Kier molecular flexibility index (Phi) is 61.4. The van der Waals surface area contributed by atoms with Gasteiger partial charge in [0.15, 0.2) is 0 Å². The van der Waals surface area contributed by atoms with E-state index in [0.29, 0.717) is 19.4 Å². The number of allylic oxidation sites excluding steroid dienone is 3. The monoisotopic (exact) mass is 1030 g/mol. The predicted octanol–water partition coefficient (Wildman–Crippen LogP) is 21.0. The Morgan fingerprint density at radius 3 is 0.973 bits per heavy atom. The Bertz CT molecular complexity index is 1140. The van der Waals surface area contributed by atoms with Gasteiger partial charge in [0, 0.05) is 12.8 Å². The number of unbranched alkanes of at least 4 members (excludes halogenated alkanes) is 49. The second-order valence-corrected chi connectivity index (χ2v) is 22.8. The van der Waals surface area contributed by atoms with Gasteiger partial charge in [-0.3, -0.25) is 9.59 Å². The van der Waals surface area contributed by atoms with Crippen molar-refractivity contribution >= 4 is 11.9 Å². The lowest BCUT2D eigenvalue weighted by atomic mass is 10.0. The summed E-state index contributed by atoms with van der Waals surface area (Å²) < 4.78 is 5.49. The third-order valence-electron chi connectivity index (χ3n) is 15.5. The minimum absolute atomic E-state index is 0.0202. The molecule has 0 saturated carbocycles. The van der Waals surface area contributed by atoms with Crippen LogP contribution in [0.15, 0.2) is 24.3 Å². The van der Waals surface area contributed by atoms with Crippen LogP contribution < -0.4 is 5.32 Å². The summed E-state index contributed by atoms with van der Waals surface area (Å²) in [4.78, 5) is 24.5. The van der Waals surface area contributed by atoms with Gasteiger partial charge in [-0.1, -0.05) is 321 Å². The van der Waals surface area contributed by atoms with E-state index in [1.807, 2.05) is 6.08 Å². The molecule has 0 spiro atoms. The molecule has 6 heteroatoms. The van der Waals surface area contributed by atoms with Crippen LogP contribution in [0.1, 0.15) is 367 Å². The molecule has 0 aromatic rings. The number of amides is 1. The molecule has 1 amide bonds. The maximum atomic E-state index is 12.4. The summed E-state index contributed by atoms with van der Waals surface area (Å²) in [6, 6.07) is -0.623. The Labute approximate surface area is 456 Å². The van der Waals surface area contributed by atoms with E-state index in [-0.39, 0.29) is 18.5 Å². The molecule has 2 unspecified atom stereocenters. The van der Waals surface area contributed by atoms with Crippen LogP contribution in [0.4, 0.5) is 0 Å². The average Bonchev–Trinajstić information content (AvgIpc) is 3.39. The standard InChI is InChI=1S/C67H129NO5/c1-3-5-7-9-11-13-15-37-41-45-49-53-57-61-67(72)73-62-58-54-50-46-42-39-36-34-32-30-28-26-24-22-20-18-16-17-19-21-23-25-27-29-31-33-35-38-40-44-48-52-56-60-66(71)68-64(63-69)65(70)59-55-51-47-43-14-12-10-8-6-4-2/h20,22,55,59,64-65,69-70H,3-19,21,23-54,56-58,60-63H2,1-2H3,(H,68,71)/b22-20-,59-55+. The van der Waals surface area contributed by atoms with Gasteiger partial charge in [-0.15, -0.1) is 0 Å². The minimum Gasteiger partial charge on any atom is -0.466 e. The number of hydrogen-bond donors (Lipinski definition) is 3. The summed E-state index contributed by atoms with van der Waals surface area (Å²) in [5.74, 6) is -0.0452. The zero-order valence-corrected chi connectivity index (χ0v) is 49.4. The fourth-order valence-corrected chi connectivity index (χ4v) is 10.4. The molecule has 0 radical (unpaired) electrons. The van der Waals surface area contributed by atoms with Crippen molar-refractivity contribution in [3.63, 3.8) is 0 Å². The highest BCUT2D eigenvalue weighted by Crippen LogP contribution is 2.18. The molecule has 0 heterocycles. The molecule has 0 aliphatic heterocycles. The van der Waals surface area contributed by atoms with Gasteiger partial charge in [-0.05, 0) is 57.8 Å². The van der Waals surface area contributed by atoms with Crippen molar-refractivity contribution in [1.82, 2.24) is 5.32 Å². The van der Waals surface area contributed by atoms with Gasteiger partial charge >= 0.3 is 5.97 Å². The molecule has 0 rings (SSSR count). The molecule has 0 aliphatic rings. The number of aliphatic hydroxyl groups excluding tert-OH is 2. The SMILES string of the molecule is CCCCCCCCCC/C=C/C(O)C(CO)NC(=O)CCCCCCCCCCCCCCCCCCC/C=C\CCCCCCCCCCCCCCOC(=O)CCCCCCCCCCCCCCC. The van der Waals surface area contributed by atoms with Crippen LogP contribution in [0.3, 0.4) is 0 Å². The number of rotatable bonds is 62. The Morgan fingerprint density at radius 1 is 0.370 bits per heavy atom. The summed E-state index contributed by atoms with van der Waals surface area (Å²) >= 11 is 0. The van der Waals surface area contributed by atoms with Crippen LogP contribution in [0.5, 0.6) is 0 Å². The van der Waals surface area contributed by atoms with E-state index in [1.165, 1.54) is 302 Å². The molecule has 2 atom stereocenters. The number of ether oxygens (including phenoxy) is 1. The van der Waals surface area contributed by atoms with Gasteiger partial charge in [0.2, 0.25) is 5.91 Å². The molecule has 0 saturated heterocycles. The molecule has 3 N–H and O–H groups in total. The average molecular weight is 1030 g/mol. The van der Waals surface area contributed by atoms with Crippen LogP contribution in [0, 0.1) is 0 Å². The number of hydrogen-bond acceptors (Lipinski definition) is 5. The highest BCUT2D eigenvalue weighted by atomic mass is 16.5. The molecular weight excluding hydrogens is 899 g/mol. The van der Waals surface area contributed by atoms with Crippen LogP contribution in [-0.4, -0.2) is 47.4 Å². The Hall–Kier alpha value is -1.66. The summed E-state index contributed by atoms with van der Waals surface area (Å²) in [6.07, 6.45) is 78.3. The summed E-state index contributed by atoms with van der Waals surface area (Å²) in [7, 11) is 0.